The first kappa shape index (κ1) is 18.2. The molecule has 136 valence electrons. The summed E-state index contributed by atoms with van der Waals surface area (Å²) in [6.07, 6.45) is 5.75. The highest BCUT2D eigenvalue weighted by Crippen LogP contribution is 2.19. The molecule has 1 aliphatic heterocycles. The summed E-state index contributed by atoms with van der Waals surface area (Å²) >= 11 is 3.54. The van der Waals surface area contributed by atoms with E-state index in [1.807, 2.05) is 43.5 Å². The van der Waals surface area contributed by atoms with E-state index in [1.54, 1.807) is 0 Å². The van der Waals surface area contributed by atoms with E-state index in [-0.39, 0.29) is 12.1 Å². The molecule has 1 fully saturated rings. The van der Waals surface area contributed by atoms with Crippen molar-refractivity contribution in [2.75, 3.05) is 13.1 Å². The van der Waals surface area contributed by atoms with E-state index in [2.05, 4.69) is 32.3 Å². The van der Waals surface area contributed by atoms with Crippen molar-refractivity contribution >= 4 is 27.7 Å². The predicted octanol–water partition coefficient (Wildman–Crippen LogP) is 3.59. The van der Waals surface area contributed by atoms with E-state index in [9.17, 15) is 4.79 Å². The Hall–Kier alpha value is -1.60. The van der Waals surface area contributed by atoms with Gasteiger partial charge in [-0.2, -0.15) is 0 Å². The van der Waals surface area contributed by atoms with E-state index < -0.39 is 5.60 Å². The molecule has 0 bridgehead atoms. The lowest BCUT2D eigenvalue weighted by Crippen LogP contribution is -2.48. The summed E-state index contributed by atoms with van der Waals surface area (Å²) < 4.78 is 8.38. The Labute approximate surface area is 156 Å². The highest BCUT2D eigenvalue weighted by atomic mass is 79.9. The van der Waals surface area contributed by atoms with Crippen LogP contribution in [0.5, 0.6) is 0 Å². The van der Waals surface area contributed by atoms with Crippen molar-refractivity contribution in [1.29, 1.82) is 0 Å². The fraction of sp³-hybridized carbons (Fsp3) is 0.556. The first-order valence-corrected chi connectivity index (χ1v) is 9.43. The Kier molecular flexibility index (Phi) is 5.34. The van der Waals surface area contributed by atoms with Gasteiger partial charge in [0.1, 0.15) is 5.60 Å². The monoisotopic (exact) mass is 408 g/mol. The summed E-state index contributed by atoms with van der Waals surface area (Å²) in [5.74, 6) is 0. The van der Waals surface area contributed by atoms with Crippen LogP contribution in [-0.4, -0.2) is 45.1 Å². The summed E-state index contributed by atoms with van der Waals surface area (Å²) in [7, 11) is 0. The highest BCUT2D eigenvalue weighted by molar-refractivity contribution is 9.10. The molecule has 3 heterocycles. The third-order valence-corrected chi connectivity index (χ3v) is 4.72. The number of hydrogen-bond acceptors (Lipinski definition) is 4. The standard InChI is InChI=1S/C18H25BrN4O2/c1-18(2,3)25-17(24)21-13-6-4-8-22(10-13)11-14-12-23-9-5-7-15(19)16(23)20-14/h5,7,9,12-13H,4,6,8,10-11H2,1-3H3,(H,21,24)/t13-/m1/s1. The third kappa shape index (κ3) is 4.95. The van der Waals surface area contributed by atoms with Crippen molar-refractivity contribution in [3.63, 3.8) is 0 Å². The molecule has 1 saturated heterocycles. The number of nitrogens with zero attached hydrogens (tertiary/aromatic N) is 3. The van der Waals surface area contributed by atoms with Crippen LogP contribution in [0, 0.1) is 0 Å². The fourth-order valence-corrected chi connectivity index (χ4v) is 3.57. The first-order chi connectivity index (χ1) is 11.8. The van der Waals surface area contributed by atoms with Gasteiger partial charge in [0.15, 0.2) is 5.65 Å². The Balaban J connectivity index is 1.59. The molecular formula is C18H25BrN4O2. The second-order valence-electron chi connectivity index (χ2n) is 7.54. The van der Waals surface area contributed by atoms with Gasteiger partial charge in [0.05, 0.1) is 10.2 Å². The molecule has 25 heavy (non-hydrogen) atoms. The first-order valence-electron chi connectivity index (χ1n) is 8.64. The zero-order chi connectivity index (χ0) is 18.0. The number of nitrogens with one attached hydrogen (secondary N) is 1. The van der Waals surface area contributed by atoms with E-state index in [4.69, 9.17) is 9.72 Å². The summed E-state index contributed by atoms with van der Waals surface area (Å²) in [6.45, 7) is 8.24. The molecule has 7 heteroatoms. The maximum Gasteiger partial charge on any atom is 0.407 e. The van der Waals surface area contributed by atoms with Crippen molar-refractivity contribution in [2.24, 2.45) is 0 Å². The molecule has 1 N–H and O–H groups in total. The van der Waals surface area contributed by atoms with Crippen LogP contribution in [0.2, 0.25) is 0 Å². The van der Waals surface area contributed by atoms with Gasteiger partial charge in [-0.15, -0.1) is 0 Å². The summed E-state index contributed by atoms with van der Waals surface area (Å²) in [6, 6.07) is 4.10. The maximum absolute atomic E-state index is 12.0. The number of rotatable bonds is 3. The Morgan fingerprint density at radius 3 is 3.00 bits per heavy atom. The number of ether oxygens (including phenoxy) is 1. The normalized spacial score (nSPS) is 19.1. The third-order valence-electron chi connectivity index (χ3n) is 4.10. The molecule has 1 amide bonds. The fourth-order valence-electron chi connectivity index (χ4n) is 3.13. The number of piperidine rings is 1. The van der Waals surface area contributed by atoms with Crippen LogP contribution >= 0.6 is 15.9 Å². The quantitative estimate of drug-likeness (QED) is 0.842. The van der Waals surface area contributed by atoms with Crippen molar-refractivity contribution in [1.82, 2.24) is 19.6 Å². The molecular weight excluding hydrogens is 384 g/mol. The average molecular weight is 409 g/mol. The molecule has 1 aliphatic rings. The predicted molar refractivity (Wildman–Crippen MR) is 101 cm³/mol. The minimum absolute atomic E-state index is 0.118. The molecule has 6 nitrogen and oxygen atoms in total. The van der Waals surface area contributed by atoms with E-state index in [0.717, 1.165) is 48.3 Å². The zero-order valence-corrected chi connectivity index (χ0v) is 16.5. The van der Waals surface area contributed by atoms with E-state index in [0.29, 0.717) is 0 Å². The second kappa shape index (κ2) is 7.33. The van der Waals surface area contributed by atoms with Crippen LogP contribution in [0.4, 0.5) is 4.79 Å². The number of likely N-dealkylation sites (tertiary alicyclic amines) is 1. The number of aromatic nitrogens is 2. The van der Waals surface area contributed by atoms with E-state index >= 15 is 0 Å². The smallest absolute Gasteiger partial charge is 0.407 e. The number of imidazole rings is 1. The van der Waals surface area contributed by atoms with Gasteiger partial charge in [-0.25, -0.2) is 9.78 Å². The number of carbonyl (C=O) groups excluding carboxylic acids is 1. The van der Waals surface area contributed by atoms with Crippen LogP contribution in [0.3, 0.4) is 0 Å². The SMILES string of the molecule is CC(C)(C)OC(=O)N[C@@H]1CCCN(Cc2cn3cccc(Br)c3n2)C1. The van der Waals surface area contributed by atoms with Crippen molar-refractivity contribution in [3.05, 3.63) is 34.7 Å². The van der Waals surface area contributed by atoms with Crippen LogP contribution in [-0.2, 0) is 11.3 Å². The topological polar surface area (TPSA) is 58.9 Å². The van der Waals surface area contributed by atoms with Gasteiger partial charge in [-0.3, -0.25) is 4.90 Å². The maximum atomic E-state index is 12.0. The lowest BCUT2D eigenvalue weighted by Gasteiger charge is -2.33. The molecule has 0 aromatic carbocycles. The number of fused-ring (bicyclic) bond motifs is 1. The van der Waals surface area contributed by atoms with Gasteiger partial charge in [0.25, 0.3) is 0 Å². The molecule has 0 aliphatic carbocycles. The molecule has 0 saturated carbocycles. The van der Waals surface area contributed by atoms with Crippen LogP contribution in [0.15, 0.2) is 29.0 Å². The number of alkyl carbamates (subject to hydrolysis) is 1. The summed E-state index contributed by atoms with van der Waals surface area (Å²) in [5, 5.41) is 2.99. The molecule has 2 aromatic rings. The van der Waals surface area contributed by atoms with Gasteiger partial charge in [-0.05, 0) is 68.2 Å². The van der Waals surface area contributed by atoms with Crippen molar-refractivity contribution in [2.45, 2.75) is 51.8 Å². The molecule has 1 atom stereocenters. The molecule has 0 radical (unpaired) electrons. The zero-order valence-electron chi connectivity index (χ0n) is 15.0. The van der Waals surface area contributed by atoms with E-state index in [1.165, 1.54) is 0 Å². The summed E-state index contributed by atoms with van der Waals surface area (Å²) in [4.78, 5) is 19.0. The average Bonchev–Trinajstić information content (AvgIpc) is 2.89. The molecule has 0 spiro atoms. The number of carbonyl (C=O) groups is 1. The number of hydrogen-bond donors (Lipinski definition) is 1. The minimum atomic E-state index is -0.470. The number of halogens is 1. The molecule has 2 aromatic heterocycles. The number of amides is 1. The Morgan fingerprint density at radius 1 is 1.48 bits per heavy atom. The van der Waals surface area contributed by atoms with Crippen LogP contribution in [0.25, 0.3) is 5.65 Å². The molecule has 3 rings (SSSR count). The number of pyridine rings is 1. The van der Waals surface area contributed by atoms with Gasteiger partial charge in [-0.1, -0.05) is 0 Å². The van der Waals surface area contributed by atoms with Gasteiger partial charge in [0, 0.05) is 31.5 Å². The molecule has 0 unspecified atom stereocenters. The largest absolute Gasteiger partial charge is 0.444 e. The second-order valence-corrected chi connectivity index (χ2v) is 8.39. The van der Waals surface area contributed by atoms with Crippen LogP contribution in [0.1, 0.15) is 39.3 Å². The lowest BCUT2D eigenvalue weighted by molar-refractivity contribution is 0.0470. The highest BCUT2D eigenvalue weighted by Gasteiger charge is 2.24. The Bertz CT molecular complexity index is 753. The van der Waals surface area contributed by atoms with Crippen LogP contribution < -0.4 is 5.32 Å². The van der Waals surface area contributed by atoms with Gasteiger partial charge >= 0.3 is 6.09 Å². The van der Waals surface area contributed by atoms with Gasteiger partial charge < -0.3 is 14.5 Å². The lowest BCUT2D eigenvalue weighted by atomic mass is 10.1. The Morgan fingerprint density at radius 2 is 2.28 bits per heavy atom. The summed E-state index contributed by atoms with van der Waals surface area (Å²) in [5.41, 5.74) is 1.49. The van der Waals surface area contributed by atoms with Gasteiger partial charge in [0.2, 0.25) is 0 Å². The van der Waals surface area contributed by atoms with Crippen molar-refractivity contribution < 1.29 is 9.53 Å². The minimum Gasteiger partial charge on any atom is -0.444 e. The van der Waals surface area contributed by atoms with Crippen molar-refractivity contribution in [3.8, 4) is 0 Å².